The number of methoxy groups -OCH3 is 1. The summed E-state index contributed by atoms with van der Waals surface area (Å²) in [6.45, 7) is 6.53. The molecule has 2 rings (SSSR count). The minimum Gasteiger partial charge on any atom is -0.497 e. The smallest absolute Gasteiger partial charge is 0.410 e. The summed E-state index contributed by atoms with van der Waals surface area (Å²) in [4.78, 5) is 25.6. The van der Waals surface area contributed by atoms with Crippen LogP contribution < -0.4 is 4.74 Å². The van der Waals surface area contributed by atoms with Crippen LogP contribution in [0, 0.1) is 5.92 Å². The molecule has 1 amide bonds. The van der Waals surface area contributed by atoms with Crippen molar-refractivity contribution in [3.63, 3.8) is 0 Å². The van der Waals surface area contributed by atoms with Gasteiger partial charge in [0.05, 0.1) is 13.0 Å². The molecule has 1 fully saturated rings. The predicted molar refractivity (Wildman–Crippen MR) is 93.9 cm³/mol. The Morgan fingerprint density at radius 3 is 2.16 bits per heavy atom. The monoisotopic (exact) mass is 349 g/mol. The van der Waals surface area contributed by atoms with Gasteiger partial charge in [0.1, 0.15) is 11.4 Å². The molecule has 0 saturated carbocycles. The SMILES string of the molecule is COc1ccc(C(C(=O)O)C2CCN(C(=O)OC(C)(C)C)CC2)cc1. The second-order valence-corrected chi connectivity index (χ2v) is 7.39. The van der Waals surface area contributed by atoms with E-state index in [-0.39, 0.29) is 12.0 Å². The number of carboxylic acids is 1. The molecule has 0 bridgehead atoms. The van der Waals surface area contributed by atoms with Crippen molar-refractivity contribution in [2.75, 3.05) is 20.2 Å². The highest BCUT2D eigenvalue weighted by atomic mass is 16.6. The Balaban J connectivity index is 2.03. The molecule has 0 aliphatic carbocycles. The van der Waals surface area contributed by atoms with Crippen LogP contribution in [0.15, 0.2) is 24.3 Å². The predicted octanol–water partition coefficient (Wildman–Crippen LogP) is 3.51. The first-order chi connectivity index (χ1) is 11.7. The second-order valence-electron chi connectivity index (χ2n) is 7.39. The maximum absolute atomic E-state index is 12.1. The third-order valence-electron chi connectivity index (χ3n) is 4.40. The molecule has 1 N–H and O–H groups in total. The van der Waals surface area contributed by atoms with Gasteiger partial charge in [-0.05, 0) is 57.2 Å². The van der Waals surface area contributed by atoms with Crippen molar-refractivity contribution in [2.45, 2.75) is 45.1 Å². The minimum absolute atomic E-state index is 0.00965. The van der Waals surface area contributed by atoms with E-state index < -0.39 is 17.5 Å². The van der Waals surface area contributed by atoms with Crippen LogP contribution >= 0.6 is 0 Å². The number of benzene rings is 1. The van der Waals surface area contributed by atoms with E-state index in [0.29, 0.717) is 31.7 Å². The van der Waals surface area contributed by atoms with Gasteiger partial charge in [0, 0.05) is 13.1 Å². The van der Waals surface area contributed by atoms with Crippen molar-refractivity contribution in [3.8, 4) is 5.75 Å². The normalized spacial score (nSPS) is 17.0. The number of hydrogen-bond acceptors (Lipinski definition) is 4. The molecule has 1 aromatic carbocycles. The quantitative estimate of drug-likeness (QED) is 0.900. The van der Waals surface area contributed by atoms with E-state index in [9.17, 15) is 14.7 Å². The summed E-state index contributed by atoms with van der Waals surface area (Å²) in [7, 11) is 1.58. The number of carbonyl (C=O) groups is 2. The van der Waals surface area contributed by atoms with Crippen LogP contribution in [-0.4, -0.2) is 47.9 Å². The number of carbonyl (C=O) groups excluding carboxylic acids is 1. The van der Waals surface area contributed by atoms with Gasteiger partial charge >= 0.3 is 12.1 Å². The Morgan fingerprint density at radius 1 is 1.16 bits per heavy atom. The van der Waals surface area contributed by atoms with Crippen molar-refractivity contribution < 1.29 is 24.2 Å². The lowest BCUT2D eigenvalue weighted by Gasteiger charge is -2.35. The van der Waals surface area contributed by atoms with Crippen LogP contribution in [0.1, 0.15) is 45.1 Å². The number of piperidine rings is 1. The van der Waals surface area contributed by atoms with Crippen LogP contribution in [0.5, 0.6) is 5.75 Å². The van der Waals surface area contributed by atoms with Gasteiger partial charge in [-0.3, -0.25) is 4.79 Å². The number of aliphatic carboxylic acids is 1. The molecule has 1 saturated heterocycles. The lowest BCUT2D eigenvalue weighted by molar-refractivity contribution is -0.140. The minimum atomic E-state index is -0.833. The summed E-state index contributed by atoms with van der Waals surface area (Å²) in [6, 6.07) is 7.16. The van der Waals surface area contributed by atoms with Crippen LogP contribution in [0.2, 0.25) is 0 Å². The van der Waals surface area contributed by atoms with Crippen molar-refractivity contribution in [3.05, 3.63) is 29.8 Å². The molecule has 0 spiro atoms. The van der Waals surface area contributed by atoms with Gasteiger partial charge in [-0.15, -0.1) is 0 Å². The van der Waals surface area contributed by atoms with Gasteiger partial charge in [-0.2, -0.15) is 0 Å². The zero-order chi connectivity index (χ0) is 18.6. The van der Waals surface area contributed by atoms with Crippen LogP contribution in [0.4, 0.5) is 4.79 Å². The highest BCUT2D eigenvalue weighted by molar-refractivity contribution is 5.76. The number of carboxylic acid groups (broad SMARTS) is 1. The third-order valence-corrected chi connectivity index (χ3v) is 4.40. The van der Waals surface area contributed by atoms with E-state index in [1.165, 1.54) is 0 Å². The van der Waals surface area contributed by atoms with Crippen molar-refractivity contribution in [1.82, 2.24) is 4.90 Å². The molecule has 6 heteroatoms. The number of hydrogen-bond donors (Lipinski definition) is 1. The first-order valence-corrected chi connectivity index (χ1v) is 8.56. The summed E-state index contributed by atoms with van der Waals surface area (Å²) in [5.41, 5.74) is 0.240. The number of amides is 1. The topological polar surface area (TPSA) is 76.1 Å². The summed E-state index contributed by atoms with van der Waals surface area (Å²) in [5, 5.41) is 9.70. The van der Waals surface area contributed by atoms with E-state index >= 15 is 0 Å². The Morgan fingerprint density at radius 2 is 1.72 bits per heavy atom. The number of nitrogens with zero attached hydrogens (tertiary/aromatic N) is 1. The van der Waals surface area contributed by atoms with E-state index in [4.69, 9.17) is 9.47 Å². The fourth-order valence-corrected chi connectivity index (χ4v) is 3.17. The maximum atomic E-state index is 12.1. The molecule has 1 aliphatic rings. The first-order valence-electron chi connectivity index (χ1n) is 8.56. The molecule has 1 atom stereocenters. The Kier molecular flexibility index (Phi) is 5.93. The molecule has 1 heterocycles. The van der Waals surface area contributed by atoms with Crippen molar-refractivity contribution >= 4 is 12.1 Å². The fourth-order valence-electron chi connectivity index (χ4n) is 3.17. The summed E-state index contributed by atoms with van der Waals surface area (Å²) < 4.78 is 10.5. The Labute approximate surface area is 148 Å². The average molecular weight is 349 g/mol. The third kappa shape index (κ3) is 5.11. The number of ether oxygens (including phenoxy) is 2. The van der Waals surface area contributed by atoms with Crippen LogP contribution in [0.25, 0.3) is 0 Å². The largest absolute Gasteiger partial charge is 0.497 e. The Hall–Kier alpha value is -2.24. The van der Waals surface area contributed by atoms with Crippen LogP contribution in [-0.2, 0) is 9.53 Å². The number of rotatable bonds is 4. The van der Waals surface area contributed by atoms with Crippen LogP contribution in [0.3, 0.4) is 0 Å². The summed E-state index contributed by atoms with van der Waals surface area (Å²) in [5.74, 6) is -0.718. The molecule has 0 radical (unpaired) electrons. The second kappa shape index (κ2) is 7.76. The highest BCUT2D eigenvalue weighted by Crippen LogP contribution is 2.34. The molecular formula is C19H27NO5. The van der Waals surface area contributed by atoms with E-state index in [0.717, 1.165) is 5.56 Å². The molecule has 0 aromatic heterocycles. The zero-order valence-corrected chi connectivity index (χ0v) is 15.3. The molecule has 25 heavy (non-hydrogen) atoms. The fraction of sp³-hybridized carbons (Fsp3) is 0.579. The van der Waals surface area contributed by atoms with Gasteiger partial charge < -0.3 is 19.5 Å². The molecule has 6 nitrogen and oxygen atoms in total. The van der Waals surface area contributed by atoms with Gasteiger partial charge in [-0.25, -0.2) is 4.79 Å². The van der Waals surface area contributed by atoms with Gasteiger partial charge in [0.2, 0.25) is 0 Å². The van der Waals surface area contributed by atoms with Crippen molar-refractivity contribution in [2.24, 2.45) is 5.92 Å². The zero-order valence-electron chi connectivity index (χ0n) is 15.3. The molecule has 1 aliphatic heterocycles. The van der Waals surface area contributed by atoms with Gasteiger partial charge in [0.15, 0.2) is 0 Å². The highest BCUT2D eigenvalue weighted by Gasteiger charge is 2.34. The summed E-state index contributed by atoms with van der Waals surface area (Å²) >= 11 is 0. The van der Waals surface area contributed by atoms with E-state index in [2.05, 4.69) is 0 Å². The van der Waals surface area contributed by atoms with Gasteiger partial charge in [-0.1, -0.05) is 12.1 Å². The summed E-state index contributed by atoms with van der Waals surface area (Å²) in [6.07, 6.45) is 0.951. The standard InChI is InChI=1S/C19H27NO5/c1-19(2,3)25-18(23)20-11-9-14(10-12-20)16(17(21)22)13-5-7-15(24-4)8-6-13/h5-8,14,16H,9-12H2,1-4H3,(H,21,22). The van der Waals surface area contributed by atoms with E-state index in [1.807, 2.05) is 20.8 Å². The molecule has 138 valence electrons. The van der Waals surface area contributed by atoms with Gasteiger partial charge in [0.25, 0.3) is 0 Å². The Bertz CT molecular complexity index is 597. The lowest BCUT2D eigenvalue weighted by atomic mass is 9.80. The van der Waals surface area contributed by atoms with E-state index in [1.54, 1.807) is 36.3 Å². The maximum Gasteiger partial charge on any atom is 0.410 e. The van der Waals surface area contributed by atoms with Crippen molar-refractivity contribution in [1.29, 1.82) is 0 Å². The average Bonchev–Trinajstić information content (AvgIpc) is 2.54. The number of likely N-dealkylation sites (tertiary alicyclic amines) is 1. The lowest BCUT2D eigenvalue weighted by Crippen LogP contribution is -2.43. The molecule has 1 aromatic rings. The first kappa shape index (κ1) is 19.1. The molecule has 1 unspecified atom stereocenters. The molecular weight excluding hydrogens is 322 g/mol.